The number of aromatic nitrogens is 3. The second-order valence-corrected chi connectivity index (χ2v) is 6.39. The first-order chi connectivity index (χ1) is 16.0. The number of rotatable bonds is 6. The van der Waals surface area contributed by atoms with E-state index in [0.717, 1.165) is 25.3 Å². The van der Waals surface area contributed by atoms with Crippen LogP contribution in [-0.2, 0) is 16.7 Å². The van der Waals surface area contributed by atoms with Gasteiger partial charge in [0, 0.05) is 9.81 Å². The fourth-order valence-corrected chi connectivity index (χ4v) is 2.74. The molecule has 1 atom stereocenters. The van der Waals surface area contributed by atoms with Gasteiger partial charge in [-0.1, -0.05) is 0 Å². The van der Waals surface area contributed by atoms with Gasteiger partial charge in [0.1, 0.15) is 17.2 Å². The van der Waals surface area contributed by atoms with Crippen LogP contribution in [0.15, 0.2) is 23.3 Å². The van der Waals surface area contributed by atoms with E-state index in [1.54, 1.807) is 0 Å². The van der Waals surface area contributed by atoms with Crippen molar-refractivity contribution in [1.82, 2.24) is 15.0 Å². The molecular weight excluding hydrogens is 405 g/mol. The summed E-state index contributed by atoms with van der Waals surface area (Å²) < 4.78 is 89.1. The van der Waals surface area contributed by atoms with Crippen LogP contribution in [0.3, 0.4) is 0 Å². The topological polar surface area (TPSA) is 139 Å². The molecule has 4 N–H and O–H groups in total. The van der Waals surface area contributed by atoms with Crippen LogP contribution in [0.1, 0.15) is 42.5 Å². The summed E-state index contributed by atoms with van der Waals surface area (Å²) in [6.07, 6.45) is 0.234. The molecule has 2 aromatic heterocycles. The average Bonchev–Trinajstić information content (AvgIpc) is 2.71. The molecule has 9 nitrogen and oxygen atoms in total. The normalized spacial score (nSPS) is 23.6. The number of amidine groups is 1. The van der Waals surface area contributed by atoms with Crippen LogP contribution in [0.4, 0.5) is 19.0 Å². The van der Waals surface area contributed by atoms with Crippen molar-refractivity contribution in [2.75, 3.05) is 18.9 Å². The largest absolute Gasteiger partial charge is 0.477 e. The summed E-state index contributed by atoms with van der Waals surface area (Å²) in [5, 5.41) is 0. The van der Waals surface area contributed by atoms with E-state index in [-0.39, 0.29) is 5.69 Å². The first-order valence-electron chi connectivity index (χ1n) is 10.8. The zero-order chi connectivity index (χ0) is 26.4. The molecule has 0 aromatic carbocycles. The molecule has 0 unspecified atom stereocenters. The monoisotopic (exact) mass is 429 g/mol. The van der Waals surface area contributed by atoms with Crippen LogP contribution in [-0.4, -0.2) is 45.8 Å². The van der Waals surface area contributed by atoms with Crippen molar-refractivity contribution in [2.45, 2.75) is 31.7 Å². The van der Waals surface area contributed by atoms with Crippen molar-refractivity contribution >= 4 is 17.6 Å². The van der Waals surface area contributed by atoms with Gasteiger partial charge in [0.05, 0.1) is 21.9 Å². The number of nitrogens with two attached hydrogens (primary N) is 2. The van der Waals surface area contributed by atoms with Crippen LogP contribution in [0.2, 0.25) is 0 Å². The molecular formula is C18H19F3N6O3. The lowest BCUT2D eigenvalue weighted by Gasteiger charge is -2.36. The molecule has 30 heavy (non-hydrogen) atoms. The Kier molecular flexibility index (Phi) is 3.99. The van der Waals surface area contributed by atoms with Gasteiger partial charge in [-0.25, -0.2) is 14.4 Å². The van der Waals surface area contributed by atoms with Gasteiger partial charge in [0.2, 0.25) is 5.88 Å². The standard InChI is InChI=1S/C18H19F3N6O3/c1-3-29-12-7-24-13(15(22)26-12)11(28)6-9-4-5-10(19)14(25-9)17(2)18(20,21)8-30-16(23)27-17/h4-5,7H,3,6,8H2,1-2H3,(H2,22,26)(H2,23,27)/t17-/m1/s1/i1D3,3D2. The van der Waals surface area contributed by atoms with Crippen molar-refractivity contribution in [1.29, 1.82) is 0 Å². The predicted octanol–water partition coefficient (Wildman–Crippen LogP) is 1.61. The second kappa shape index (κ2) is 7.76. The number of hydrogen-bond acceptors (Lipinski definition) is 9. The molecule has 0 amide bonds. The number of carbonyl (C=O) groups excluding carboxylic acids is 1. The molecule has 2 aromatic rings. The Morgan fingerprint density at radius 3 is 2.87 bits per heavy atom. The second-order valence-electron chi connectivity index (χ2n) is 6.39. The number of nitrogens with zero attached hydrogens (tertiary/aromatic N) is 4. The molecule has 0 saturated carbocycles. The lowest BCUT2D eigenvalue weighted by Crippen LogP contribution is -2.51. The molecule has 1 aliphatic heterocycles. The maximum Gasteiger partial charge on any atom is 0.311 e. The molecule has 160 valence electrons. The SMILES string of the molecule is [2H]C([2H])([2H])C([2H])([2H])Oc1cnc(C(=O)Cc2ccc(F)c([C@@]3(C)N=C(N)OCC3(F)F)n2)c(N)n1. The molecule has 12 heteroatoms. The summed E-state index contributed by atoms with van der Waals surface area (Å²) in [7, 11) is 0. The van der Waals surface area contributed by atoms with Crippen molar-refractivity contribution in [2.24, 2.45) is 10.7 Å². The highest BCUT2D eigenvalue weighted by Crippen LogP contribution is 2.43. The van der Waals surface area contributed by atoms with Crippen molar-refractivity contribution in [3.63, 3.8) is 0 Å². The fourth-order valence-electron chi connectivity index (χ4n) is 2.74. The number of ether oxygens (including phenoxy) is 2. The zero-order valence-electron chi connectivity index (χ0n) is 20.4. The Morgan fingerprint density at radius 1 is 1.40 bits per heavy atom. The van der Waals surface area contributed by atoms with Crippen molar-refractivity contribution in [3.05, 3.63) is 41.2 Å². The van der Waals surface area contributed by atoms with Crippen LogP contribution in [0.5, 0.6) is 5.88 Å². The van der Waals surface area contributed by atoms with Gasteiger partial charge in [0.15, 0.2) is 23.7 Å². The summed E-state index contributed by atoms with van der Waals surface area (Å²) in [4.78, 5) is 27.5. The van der Waals surface area contributed by atoms with Crippen molar-refractivity contribution in [3.8, 4) is 5.88 Å². The number of carbonyl (C=O) groups is 1. The Bertz CT molecular complexity index is 1200. The summed E-state index contributed by atoms with van der Waals surface area (Å²) in [6.45, 7) is -6.47. The Hall–Kier alpha value is -3.44. The summed E-state index contributed by atoms with van der Waals surface area (Å²) >= 11 is 0. The quantitative estimate of drug-likeness (QED) is 0.661. The lowest BCUT2D eigenvalue weighted by atomic mass is 9.88. The van der Waals surface area contributed by atoms with E-state index < -0.39 is 78.6 Å². The molecule has 0 bridgehead atoms. The fraction of sp³-hybridized carbons (Fsp3) is 0.389. The van der Waals surface area contributed by atoms with E-state index in [0.29, 0.717) is 0 Å². The highest BCUT2D eigenvalue weighted by atomic mass is 19.3. The molecule has 0 spiro atoms. The number of alkyl halides is 2. The van der Waals surface area contributed by atoms with Gasteiger partial charge >= 0.3 is 5.92 Å². The van der Waals surface area contributed by atoms with Gasteiger partial charge in [0.25, 0.3) is 6.02 Å². The van der Waals surface area contributed by atoms with Gasteiger partial charge in [-0.3, -0.25) is 9.78 Å². The van der Waals surface area contributed by atoms with Gasteiger partial charge < -0.3 is 20.9 Å². The number of anilines is 1. The third kappa shape index (κ3) is 3.84. The number of pyridine rings is 1. The Morgan fingerprint density at radius 2 is 2.17 bits per heavy atom. The number of hydrogen-bond donors (Lipinski definition) is 2. The van der Waals surface area contributed by atoms with Crippen LogP contribution in [0, 0.1) is 5.82 Å². The van der Waals surface area contributed by atoms with Crippen LogP contribution >= 0.6 is 0 Å². The number of aliphatic imine (C=N–C) groups is 1. The van der Waals surface area contributed by atoms with Gasteiger partial charge in [-0.15, -0.1) is 0 Å². The minimum atomic E-state index is -3.67. The smallest absolute Gasteiger partial charge is 0.311 e. The molecule has 1 aliphatic rings. The molecule has 0 radical (unpaired) electrons. The highest BCUT2D eigenvalue weighted by molar-refractivity contribution is 5.99. The summed E-state index contributed by atoms with van der Waals surface area (Å²) in [5.41, 5.74) is 7.29. The molecule has 0 fully saturated rings. The van der Waals surface area contributed by atoms with E-state index in [9.17, 15) is 18.0 Å². The van der Waals surface area contributed by atoms with E-state index in [4.69, 9.17) is 18.3 Å². The molecule has 0 saturated heterocycles. The third-order valence-corrected chi connectivity index (χ3v) is 4.35. The predicted molar refractivity (Wildman–Crippen MR) is 99.7 cm³/mol. The Balaban J connectivity index is 1.87. The molecule has 3 rings (SSSR count). The van der Waals surface area contributed by atoms with E-state index in [1.807, 2.05) is 0 Å². The first-order valence-corrected chi connectivity index (χ1v) is 8.33. The number of halogens is 3. The highest BCUT2D eigenvalue weighted by Gasteiger charge is 2.57. The van der Waals surface area contributed by atoms with Gasteiger partial charge in [-0.05, 0) is 25.9 Å². The zero-order valence-corrected chi connectivity index (χ0v) is 15.4. The van der Waals surface area contributed by atoms with Crippen LogP contribution < -0.4 is 16.2 Å². The maximum atomic E-state index is 14.6. The minimum Gasteiger partial charge on any atom is -0.477 e. The number of ketones is 1. The Labute approximate surface area is 176 Å². The van der Waals surface area contributed by atoms with Crippen LogP contribution in [0.25, 0.3) is 0 Å². The summed E-state index contributed by atoms with van der Waals surface area (Å²) in [6, 6.07) is 1.36. The molecule has 0 aliphatic carbocycles. The van der Waals surface area contributed by atoms with Crippen molar-refractivity contribution < 1.29 is 34.3 Å². The maximum absolute atomic E-state index is 14.6. The van der Waals surface area contributed by atoms with Gasteiger partial charge in [-0.2, -0.15) is 13.8 Å². The lowest BCUT2D eigenvalue weighted by molar-refractivity contribution is -0.118. The van der Waals surface area contributed by atoms with E-state index >= 15 is 0 Å². The average molecular weight is 429 g/mol. The third-order valence-electron chi connectivity index (χ3n) is 4.35. The molecule has 3 heterocycles. The number of Topliss-reactive ketones (excluding diaryl/α,β-unsaturated/α-hetero) is 1. The van der Waals surface area contributed by atoms with E-state index in [1.165, 1.54) is 0 Å². The summed E-state index contributed by atoms with van der Waals surface area (Å²) in [5.74, 6) is -6.68. The minimum absolute atomic E-state index is 0.121. The first kappa shape index (κ1) is 15.4. The van der Waals surface area contributed by atoms with E-state index in [2.05, 4.69) is 29.4 Å². The number of nitrogen functional groups attached to an aromatic ring is 1.